The molecule has 0 spiro atoms. The molecule has 0 aliphatic carbocycles. The van der Waals surface area contributed by atoms with Crippen LogP contribution in [0, 0.1) is 0 Å². The molecular formula is C10H14ClNO3. The third-order valence-corrected chi connectivity index (χ3v) is 1.92. The summed E-state index contributed by atoms with van der Waals surface area (Å²) in [5.41, 5.74) is 6.33. The van der Waals surface area contributed by atoms with E-state index in [1.807, 2.05) is 0 Å². The van der Waals surface area contributed by atoms with E-state index in [1.165, 1.54) is 7.11 Å². The lowest BCUT2D eigenvalue weighted by atomic mass is 10.1. The Hall–Kier alpha value is -1.10. The van der Waals surface area contributed by atoms with E-state index < -0.39 is 12.1 Å². The minimum atomic E-state index is -0.736. The normalized spacial score (nSPS) is 11.4. The molecule has 5 heteroatoms. The average Bonchev–Trinajstić information content (AvgIpc) is 2.27. The smallest absolute Gasteiger partial charge is 0.337 e. The Morgan fingerprint density at radius 1 is 1.60 bits per heavy atom. The second-order valence-corrected chi connectivity index (χ2v) is 2.87. The van der Waals surface area contributed by atoms with Crippen LogP contribution in [0.1, 0.15) is 22.0 Å². The minimum absolute atomic E-state index is 0. The van der Waals surface area contributed by atoms with E-state index in [0.717, 1.165) is 0 Å². The Morgan fingerprint density at radius 3 is 2.80 bits per heavy atom. The van der Waals surface area contributed by atoms with E-state index in [2.05, 4.69) is 4.74 Å². The van der Waals surface area contributed by atoms with Crippen LogP contribution >= 0.6 is 12.4 Å². The molecule has 3 N–H and O–H groups in total. The van der Waals surface area contributed by atoms with Gasteiger partial charge in [0.15, 0.2) is 0 Å². The first-order valence-corrected chi connectivity index (χ1v) is 4.25. The molecule has 0 aliphatic heterocycles. The van der Waals surface area contributed by atoms with Gasteiger partial charge in [-0.15, -0.1) is 12.4 Å². The molecule has 1 aromatic carbocycles. The first-order valence-electron chi connectivity index (χ1n) is 4.25. The molecule has 0 saturated carbocycles. The van der Waals surface area contributed by atoms with Crippen LogP contribution in [0.3, 0.4) is 0 Å². The van der Waals surface area contributed by atoms with E-state index in [9.17, 15) is 9.90 Å². The number of halogens is 1. The van der Waals surface area contributed by atoms with Gasteiger partial charge in [0.1, 0.15) is 0 Å². The summed E-state index contributed by atoms with van der Waals surface area (Å²) in [5, 5.41) is 9.43. The maximum atomic E-state index is 11.1. The number of carbonyl (C=O) groups is 1. The monoisotopic (exact) mass is 231 g/mol. The van der Waals surface area contributed by atoms with Crippen molar-refractivity contribution in [2.24, 2.45) is 5.73 Å². The number of aliphatic hydroxyl groups excluding tert-OH is 1. The zero-order chi connectivity index (χ0) is 10.6. The molecule has 1 atom stereocenters. The van der Waals surface area contributed by atoms with Gasteiger partial charge in [0, 0.05) is 6.54 Å². The molecule has 1 aromatic rings. The van der Waals surface area contributed by atoms with E-state index in [1.54, 1.807) is 24.3 Å². The summed E-state index contributed by atoms with van der Waals surface area (Å²) in [6, 6.07) is 6.59. The number of hydrogen-bond acceptors (Lipinski definition) is 4. The van der Waals surface area contributed by atoms with Crippen LogP contribution in [0.5, 0.6) is 0 Å². The van der Waals surface area contributed by atoms with Gasteiger partial charge in [-0.05, 0) is 17.7 Å². The van der Waals surface area contributed by atoms with E-state index >= 15 is 0 Å². The Balaban J connectivity index is 0.00000196. The SMILES string of the molecule is COC(=O)c1cccc([C@@H](O)CN)c1.Cl. The quantitative estimate of drug-likeness (QED) is 0.758. The molecule has 0 bridgehead atoms. The molecule has 0 unspecified atom stereocenters. The summed E-state index contributed by atoms with van der Waals surface area (Å²) in [7, 11) is 1.31. The number of methoxy groups -OCH3 is 1. The van der Waals surface area contributed by atoms with Gasteiger partial charge < -0.3 is 15.6 Å². The molecular weight excluding hydrogens is 218 g/mol. The van der Waals surface area contributed by atoms with Crippen molar-refractivity contribution >= 4 is 18.4 Å². The van der Waals surface area contributed by atoms with Crippen LogP contribution < -0.4 is 5.73 Å². The molecule has 0 radical (unpaired) electrons. The average molecular weight is 232 g/mol. The summed E-state index contributed by atoms with van der Waals surface area (Å²) in [6.45, 7) is 0.130. The van der Waals surface area contributed by atoms with Gasteiger partial charge in [-0.2, -0.15) is 0 Å². The fraction of sp³-hybridized carbons (Fsp3) is 0.300. The number of carbonyl (C=O) groups excluding carboxylic acids is 1. The number of aliphatic hydroxyl groups is 1. The first kappa shape index (κ1) is 13.9. The van der Waals surface area contributed by atoms with Crippen LogP contribution in [0.15, 0.2) is 24.3 Å². The van der Waals surface area contributed by atoms with Gasteiger partial charge in [0.05, 0.1) is 18.8 Å². The zero-order valence-electron chi connectivity index (χ0n) is 8.34. The topological polar surface area (TPSA) is 72.5 Å². The van der Waals surface area contributed by atoms with Crippen molar-refractivity contribution in [1.82, 2.24) is 0 Å². The largest absolute Gasteiger partial charge is 0.465 e. The number of benzene rings is 1. The second kappa shape index (κ2) is 6.40. The summed E-state index contributed by atoms with van der Waals surface area (Å²) in [4.78, 5) is 11.1. The lowest BCUT2D eigenvalue weighted by Gasteiger charge is -2.08. The number of ether oxygens (including phenoxy) is 1. The van der Waals surface area contributed by atoms with Crippen LogP contribution in [0.25, 0.3) is 0 Å². The molecule has 84 valence electrons. The molecule has 15 heavy (non-hydrogen) atoms. The summed E-state index contributed by atoms with van der Waals surface area (Å²) >= 11 is 0. The fourth-order valence-corrected chi connectivity index (χ4v) is 1.13. The van der Waals surface area contributed by atoms with Crippen molar-refractivity contribution < 1.29 is 14.6 Å². The number of hydrogen-bond donors (Lipinski definition) is 2. The predicted octanol–water partition coefficient (Wildman–Crippen LogP) is 0.887. The Kier molecular flexibility index (Phi) is 5.93. The third-order valence-electron chi connectivity index (χ3n) is 1.92. The molecule has 0 aromatic heterocycles. The number of rotatable bonds is 3. The maximum Gasteiger partial charge on any atom is 0.337 e. The van der Waals surface area contributed by atoms with Crippen molar-refractivity contribution in [2.45, 2.75) is 6.10 Å². The molecule has 0 fully saturated rings. The highest BCUT2D eigenvalue weighted by molar-refractivity contribution is 5.89. The highest BCUT2D eigenvalue weighted by Crippen LogP contribution is 2.13. The Bertz CT molecular complexity index is 330. The lowest BCUT2D eigenvalue weighted by molar-refractivity contribution is 0.0600. The van der Waals surface area contributed by atoms with Crippen molar-refractivity contribution in [3.05, 3.63) is 35.4 Å². The number of esters is 1. The van der Waals surface area contributed by atoms with E-state index in [4.69, 9.17) is 5.73 Å². The van der Waals surface area contributed by atoms with Crippen molar-refractivity contribution in [3.63, 3.8) is 0 Å². The molecule has 0 heterocycles. The first-order chi connectivity index (χ1) is 6.69. The molecule has 0 saturated heterocycles. The van der Waals surface area contributed by atoms with E-state index in [0.29, 0.717) is 11.1 Å². The minimum Gasteiger partial charge on any atom is -0.465 e. The molecule has 1 rings (SSSR count). The van der Waals surface area contributed by atoms with Gasteiger partial charge in [0.2, 0.25) is 0 Å². The standard InChI is InChI=1S/C10H13NO3.ClH/c1-14-10(13)8-4-2-3-7(5-8)9(12)6-11;/h2-5,9,12H,6,11H2,1H3;1H/t9-;/m0./s1. The molecule has 0 amide bonds. The second-order valence-electron chi connectivity index (χ2n) is 2.87. The van der Waals surface area contributed by atoms with Gasteiger partial charge in [-0.25, -0.2) is 4.79 Å². The lowest BCUT2D eigenvalue weighted by Crippen LogP contribution is -2.12. The molecule has 4 nitrogen and oxygen atoms in total. The van der Waals surface area contributed by atoms with Crippen molar-refractivity contribution in [2.75, 3.05) is 13.7 Å². The molecule has 0 aliphatic rings. The Labute approximate surface area is 94.5 Å². The fourth-order valence-electron chi connectivity index (χ4n) is 1.13. The Morgan fingerprint density at radius 2 is 2.27 bits per heavy atom. The van der Waals surface area contributed by atoms with Crippen LogP contribution in [-0.4, -0.2) is 24.7 Å². The van der Waals surface area contributed by atoms with Gasteiger partial charge >= 0.3 is 5.97 Å². The number of nitrogens with two attached hydrogens (primary N) is 1. The van der Waals surface area contributed by atoms with E-state index in [-0.39, 0.29) is 19.0 Å². The van der Waals surface area contributed by atoms with Crippen LogP contribution in [0.2, 0.25) is 0 Å². The zero-order valence-corrected chi connectivity index (χ0v) is 9.16. The highest BCUT2D eigenvalue weighted by atomic mass is 35.5. The summed E-state index contributed by atoms with van der Waals surface area (Å²) in [6.07, 6.45) is -0.736. The third kappa shape index (κ3) is 3.51. The van der Waals surface area contributed by atoms with Crippen molar-refractivity contribution in [1.29, 1.82) is 0 Å². The summed E-state index contributed by atoms with van der Waals surface area (Å²) in [5.74, 6) is -0.420. The van der Waals surface area contributed by atoms with Crippen LogP contribution in [0.4, 0.5) is 0 Å². The summed E-state index contributed by atoms with van der Waals surface area (Å²) < 4.78 is 4.55. The highest BCUT2D eigenvalue weighted by Gasteiger charge is 2.09. The maximum absolute atomic E-state index is 11.1. The van der Waals surface area contributed by atoms with Crippen molar-refractivity contribution in [3.8, 4) is 0 Å². The van der Waals surface area contributed by atoms with Gasteiger partial charge in [0.25, 0.3) is 0 Å². The predicted molar refractivity (Wildman–Crippen MR) is 59.0 cm³/mol. The van der Waals surface area contributed by atoms with Crippen LogP contribution in [-0.2, 0) is 4.74 Å². The van der Waals surface area contributed by atoms with Gasteiger partial charge in [-0.1, -0.05) is 12.1 Å². The van der Waals surface area contributed by atoms with Gasteiger partial charge in [-0.3, -0.25) is 0 Å².